The molecule has 3 rings (SSSR count). The van der Waals surface area contributed by atoms with Crippen molar-refractivity contribution in [1.82, 2.24) is 14.5 Å². The molecule has 0 saturated carbocycles. The maximum atomic E-state index is 12.8. The van der Waals surface area contributed by atoms with Crippen LogP contribution in [0.2, 0.25) is 0 Å². The molecule has 1 aromatic rings. The number of rotatable bonds is 3. The summed E-state index contributed by atoms with van der Waals surface area (Å²) in [5, 5.41) is 4.29. The van der Waals surface area contributed by atoms with Crippen LogP contribution >= 0.6 is 12.2 Å². The molecule has 0 amide bonds. The SMILES string of the molecule is Cc1ccc(S(=O)(=O)N2CCC(NC(=S)N3CCC(C)CC3)CC2)cc1. The average Bonchev–Trinajstić information content (AvgIpc) is 2.63. The average molecular weight is 396 g/mol. The molecule has 144 valence electrons. The second-order valence-electron chi connectivity index (χ2n) is 7.61. The first kappa shape index (κ1) is 19.6. The zero-order valence-corrected chi connectivity index (χ0v) is 17.3. The van der Waals surface area contributed by atoms with Gasteiger partial charge in [0.05, 0.1) is 4.90 Å². The summed E-state index contributed by atoms with van der Waals surface area (Å²) in [4.78, 5) is 2.64. The van der Waals surface area contributed by atoms with E-state index in [9.17, 15) is 8.42 Å². The number of nitrogens with zero attached hydrogens (tertiary/aromatic N) is 2. The molecule has 0 spiro atoms. The molecule has 0 radical (unpaired) electrons. The van der Waals surface area contributed by atoms with E-state index in [1.165, 1.54) is 12.8 Å². The van der Waals surface area contributed by atoms with Crippen molar-refractivity contribution in [3.63, 3.8) is 0 Å². The zero-order chi connectivity index (χ0) is 18.7. The van der Waals surface area contributed by atoms with Crippen molar-refractivity contribution in [3.8, 4) is 0 Å². The van der Waals surface area contributed by atoms with E-state index < -0.39 is 10.0 Å². The molecule has 0 atom stereocenters. The Bertz CT molecular complexity index is 718. The third-order valence-electron chi connectivity index (χ3n) is 5.51. The van der Waals surface area contributed by atoms with Gasteiger partial charge in [-0.2, -0.15) is 4.31 Å². The molecular formula is C19H29N3O2S2. The van der Waals surface area contributed by atoms with Crippen LogP contribution in [0.3, 0.4) is 0 Å². The molecule has 0 unspecified atom stereocenters. The molecule has 2 aliphatic rings. The van der Waals surface area contributed by atoms with Crippen molar-refractivity contribution in [1.29, 1.82) is 0 Å². The van der Waals surface area contributed by atoms with Crippen LogP contribution < -0.4 is 5.32 Å². The van der Waals surface area contributed by atoms with E-state index in [0.717, 1.165) is 42.5 Å². The summed E-state index contributed by atoms with van der Waals surface area (Å²) in [5.74, 6) is 0.782. The smallest absolute Gasteiger partial charge is 0.243 e. The lowest BCUT2D eigenvalue weighted by molar-refractivity contribution is 0.265. The molecule has 0 aromatic heterocycles. The molecule has 5 nitrogen and oxygen atoms in total. The second kappa shape index (κ2) is 8.23. The largest absolute Gasteiger partial charge is 0.360 e. The quantitative estimate of drug-likeness (QED) is 0.798. The number of benzene rings is 1. The van der Waals surface area contributed by atoms with Crippen LogP contribution in [0, 0.1) is 12.8 Å². The molecule has 1 N–H and O–H groups in total. The molecule has 7 heteroatoms. The summed E-state index contributed by atoms with van der Waals surface area (Å²) in [5.41, 5.74) is 1.06. The third-order valence-corrected chi connectivity index (χ3v) is 7.80. The number of hydrogen-bond donors (Lipinski definition) is 1. The molecular weight excluding hydrogens is 366 g/mol. The summed E-state index contributed by atoms with van der Waals surface area (Å²) in [6, 6.07) is 7.34. The highest BCUT2D eigenvalue weighted by atomic mass is 32.2. The molecule has 2 saturated heterocycles. The lowest BCUT2D eigenvalue weighted by Crippen LogP contribution is -2.51. The van der Waals surface area contributed by atoms with Crippen molar-refractivity contribution < 1.29 is 8.42 Å². The second-order valence-corrected chi connectivity index (χ2v) is 9.94. The summed E-state index contributed by atoms with van der Waals surface area (Å²) in [7, 11) is -3.40. The number of sulfonamides is 1. The highest BCUT2D eigenvalue weighted by molar-refractivity contribution is 7.89. The first-order chi connectivity index (χ1) is 12.4. The Balaban J connectivity index is 1.52. The van der Waals surface area contributed by atoms with Crippen LogP contribution in [0.15, 0.2) is 29.2 Å². The number of piperidine rings is 2. The van der Waals surface area contributed by atoms with Crippen molar-refractivity contribution in [2.75, 3.05) is 26.2 Å². The van der Waals surface area contributed by atoms with Gasteiger partial charge in [0.2, 0.25) is 10.0 Å². The minimum atomic E-state index is -3.40. The minimum Gasteiger partial charge on any atom is -0.360 e. The van der Waals surface area contributed by atoms with E-state index in [0.29, 0.717) is 18.0 Å². The van der Waals surface area contributed by atoms with Crippen LogP contribution in [0.25, 0.3) is 0 Å². The predicted molar refractivity (Wildman–Crippen MR) is 109 cm³/mol. The third kappa shape index (κ3) is 4.56. The van der Waals surface area contributed by atoms with Crippen LogP contribution in [-0.2, 0) is 10.0 Å². The highest BCUT2D eigenvalue weighted by Crippen LogP contribution is 2.22. The van der Waals surface area contributed by atoms with Crippen molar-refractivity contribution in [3.05, 3.63) is 29.8 Å². The fraction of sp³-hybridized carbons (Fsp3) is 0.632. The van der Waals surface area contributed by atoms with Gasteiger partial charge < -0.3 is 10.2 Å². The molecule has 2 heterocycles. The van der Waals surface area contributed by atoms with E-state index >= 15 is 0 Å². The Labute approximate surface area is 162 Å². The van der Waals surface area contributed by atoms with Crippen LogP contribution in [-0.4, -0.2) is 55.0 Å². The Morgan fingerprint density at radius 2 is 1.62 bits per heavy atom. The normalized spacial score (nSPS) is 20.9. The van der Waals surface area contributed by atoms with Gasteiger partial charge in [0.15, 0.2) is 5.11 Å². The lowest BCUT2D eigenvalue weighted by Gasteiger charge is -2.36. The Morgan fingerprint density at radius 1 is 1.04 bits per heavy atom. The number of hydrogen-bond acceptors (Lipinski definition) is 3. The van der Waals surface area contributed by atoms with Crippen LogP contribution in [0.5, 0.6) is 0 Å². The van der Waals surface area contributed by atoms with Gasteiger partial charge in [-0.05, 0) is 62.9 Å². The maximum Gasteiger partial charge on any atom is 0.243 e. The van der Waals surface area contributed by atoms with E-state index in [4.69, 9.17) is 12.2 Å². The summed E-state index contributed by atoms with van der Waals surface area (Å²) in [6.07, 6.45) is 3.95. The van der Waals surface area contributed by atoms with E-state index in [2.05, 4.69) is 17.1 Å². The first-order valence-electron chi connectivity index (χ1n) is 9.48. The van der Waals surface area contributed by atoms with Gasteiger partial charge in [-0.15, -0.1) is 0 Å². The summed E-state index contributed by atoms with van der Waals surface area (Å²) in [6.45, 7) is 7.36. The molecule has 2 aliphatic heterocycles. The predicted octanol–water partition coefficient (Wildman–Crippen LogP) is 2.75. The maximum absolute atomic E-state index is 12.8. The van der Waals surface area contributed by atoms with Gasteiger partial charge >= 0.3 is 0 Å². The van der Waals surface area contributed by atoms with Crippen LogP contribution in [0.1, 0.15) is 38.2 Å². The van der Waals surface area contributed by atoms with Gasteiger partial charge in [-0.25, -0.2) is 8.42 Å². The van der Waals surface area contributed by atoms with E-state index in [-0.39, 0.29) is 6.04 Å². The van der Waals surface area contributed by atoms with Gasteiger partial charge in [0, 0.05) is 32.2 Å². The molecule has 26 heavy (non-hydrogen) atoms. The topological polar surface area (TPSA) is 52.7 Å². The molecule has 0 aliphatic carbocycles. The fourth-order valence-corrected chi connectivity index (χ4v) is 5.40. The van der Waals surface area contributed by atoms with Gasteiger partial charge in [0.1, 0.15) is 0 Å². The first-order valence-corrected chi connectivity index (χ1v) is 11.3. The van der Waals surface area contributed by atoms with Crippen molar-refractivity contribution >= 4 is 27.4 Å². The van der Waals surface area contributed by atoms with E-state index in [1.54, 1.807) is 16.4 Å². The van der Waals surface area contributed by atoms with Gasteiger partial charge in [0.25, 0.3) is 0 Å². The molecule has 0 bridgehead atoms. The highest BCUT2D eigenvalue weighted by Gasteiger charge is 2.30. The molecule has 2 fully saturated rings. The van der Waals surface area contributed by atoms with Gasteiger partial charge in [-0.1, -0.05) is 24.6 Å². The van der Waals surface area contributed by atoms with Crippen molar-refractivity contribution in [2.24, 2.45) is 5.92 Å². The lowest BCUT2D eigenvalue weighted by atomic mass is 9.99. The summed E-state index contributed by atoms with van der Waals surface area (Å²) < 4.78 is 27.2. The number of nitrogens with one attached hydrogen (secondary N) is 1. The van der Waals surface area contributed by atoms with Crippen LogP contribution in [0.4, 0.5) is 0 Å². The summed E-state index contributed by atoms with van der Waals surface area (Å²) >= 11 is 5.57. The Morgan fingerprint density at radius 3 is 2.19 bits per heavy atom. The zero-order valence-electron chi connectivity index (χ0n) is 15.6. The Hall–Kier alpha value is -1.18. The molecule has 1 aromatic carbocycles. The number of thiocarbonyl (C=S) groups is 1. The van der Waals surface area contributed by atoms with E-state index in [1.807, 2.05) is 19.1 Å². The van der Waals surface area contributed by atoms with Crippen molar-refractivity contribution in [2.45, 2.75) is 50.5 Å². The number of likely N-dealkylation sites (tertiary alicyclic amines) is 1. The number of aryl methyl sites for hydroxylation is 1. The standard InChI is InChI=1S/C19H29N3O2S2/c1-15-3-5-18(6-4-15)26(23,24)22-13-9-17(10-14-22)20-19(25)21-11-7-16(2)8-12-21/h3-6,16-17H,7-14H2,1-2H3,(H,20,25). The monoisotopic (exact) mass is 395 g/mol. The van der Waals surface area contributed by atoms with Gasteiger partial charge in [-0.3, -0.25) is 0 Å². The minimum absolute atomic E-state index is 0.256. The Kier molecular flexibility index (Phi) is 6.20. The fourth-order valence-electron chi connectivity index (χ4n) is 3.58.